The van der Waals surface area contributed by atoms with Crippen molar-refractivity contribution < 1.29 is 14.6 Å². The Kier molecular flexibility index (Phi) is 5.08. The number of thiazole rings is 1. The standard InChI is InChI=1S/C11H18N4O3S/c12-9(10(16)17)8-7-19-11(14-8)13-1-2-15-3-5-18-6-4-15/h7,9H,1-6,12H2,(H,13,14)(H,16,17). The quantitative estimate of drug-likeness (QED) is 0.675. The Bertz CT molecular complexity index is 420. The maximum atomic E-state index is 10.7. The number of carboxylic acid groups (broad SMARTS) is 1. The van der Waals surface area contributed by atoms with Gasteiger partial charge in [0.15, 0.2) is 5.13 Å². The molecule has 0 aliphatic carbocycles. The molecule has 2 rings (SSSR count). The van der Waals surface area contributed by atoms with E-state index in [2.05, 4.69) is 15.2 Å². The molecule has 0 amide bonds. The Balaban J connectivity index is 1.75. The first-order valence-corrected chi connectivity index (χ1v) is 7.02. The van der Waals surface area contributed by atoms with Crippen LogP contribution in [0.5, 0.6) is 0 Å². The molecule has 1 aliphatic rings. The Labute approximate surface area is 115 Å². The van der Waals surface area contributed by atoms with Gasteiger partial charge in [0, 0.05) is 31.6 Å². The zero-order valence-corrected chi connectivity index (χ0v) is 11.4. The third-order valence-corrected chi connectivity index (χ3v) is 3.73. The van der Waals surface area contributed by atoms with Crippen molar-refractivity contribution in [2.75, 3.05) is 44.7 Å². The predicted octanol–water partition coefficient (Wildman–Crippen LogP) is -0.0284. The van der Waals surface area contributed by atoms with Gasteiger partial charge in [-0.3, -0.25) is 9.69 Å². The first kappa shape index (κ1) is 14.2. The van der Waals surface area contributed by atoms with E-state index in [1.54, 1.807) is 5.38 Å². The first-order valence-electron chi connectivity index (χ1n) is 6.14. The van der Waals surface area contributed by atoms with Crippen molar-refractivity contribution in [1.82, 2.24) is 9.88 Å². The van der Waals surface area contributed by atoms with Crippen molar-refractivity contribution in [3.05, 3.63) is 11.1 Å². The maximum Gasteiger partial charge on any atom is 0.326 e. The number of nitrogens with zero attached hydrogens (tertiary/aromatic N) is 2. The topological polar surface area (TPSA) is 101 Å². The van der Waals surface area contributed by atoms with Gasteiger partial charge in [0.2, 0.25) is 0 Å². The first-order chi connectivity index (χ1) is 9.16. The largest absolute Gasteiger partial charge is 0.480 e. The fourth-order valence-corrected chi connectivity index (χ4v) is 2.56. The summed E-state index contributed by atoms with van der Waals surface area (Å²) in [4.78, 5) is 17.2. The molecular formula is C11H18N4O3S. The summed E-state index contributed by atoms with van der Waals surface area (Å²) in [6.45, 7) is 5.17. The minimum atomic E-state index is -1.06. The molecule has 1 aromatic rings. The molecule has 4 N–H and O–H groups in total. The van der Waals surface area contributed by atoms with Crippen LogP contribution >= 0.6 is 11.3 Å². The van der Waals surface area contributed by atoms with Gasteiger partial charge in [-0.1, -0.05) is 0 Å². The van der Waals surface area contributed by atoms with Gasteiger partial charge in [0.25, 0.3) is 0 Å². The van der Waals surface area contributed by atoms with E-state index in [0.29, 0.717) is 10.8 Å². The van der Waals surface area contributed by atoms with Crippen LogP contribution in [0.4, 0.5) is 5.13 Å². The molecule has 0 saturated carbocycles. The normalized spacial score (nSPS) is 18.2. The van der Waals surface area contributed by atoms with Crippen LogP contribution in [-0.4, -0.2) is 60.4 Å². The van der Waals surface area contributed by atoms with Crippen LogP contribution in [0, 0.1) is 0 Å². The highest BCUT2D eigenvalue weighted by Gasteiger charge is 2.17. The van der Waals surface area contributed by atoms with Crippen molar-refractivity contribution in [3.63, 3.8) is 0 Å². The van der Waals surface area contributed by atoms with Crippen molar-refractivity contribution in [2.45, 2.75) is 6.04 Å². The van der Waals surface area contributed by atoms with Crippen LogP contribution in [0.3, 0.4) is 0 Å². The molecule has 0 bridgehead atoms. The number of morpholine rings is 1. The van der Waals surface area contributed by atoms with Gasteiger partial charge in [0.05, 0.1) is 18.9 Å². The molecule has 7 nitrogen and oxygen atoms in total. The lowest BCUT2D eigenvalue weighted by Gasteiger charge is -2.26. The average molecular weight is 286 g/mol. The smallest absolute Gasteiger partial charge is 0.326 e. The molecule has 0 spiro atoms. The molecule has 1 fully saturated rings. The van der Waals surface area contributed by atoms with E-state index >= 15 is 0 Å². The molecule has 8 heteroatoms. The Morgan fingerprint density at radius 2 is 2.37 bits per heavy atom. The number of aliphatic carboxylic acids is 1. The fourth-order valence-electron chi connectivity index (χ4n) is 1.78. The van der Waals surface area contributed by atoms with E-state index < -0.39 is 12.0 Å². The van der Waals surface area contributed by atoms with E-state index in [9.17, 15) is 4.79 Å². The predicted molar refractivity (Wildman–Crippen MR) is 72.4 cm³/mol. The lowest BCUT2D eigenvalue weighted by molar-refractivity contribution is -0.138. The summed E-state index contributed by atoms with van der Waals surface area (Å²) in [6.07, 6.45) is 0. The Morgan fingerprint density at radius 1 is 1.63 bits per heavy atom. The van der Waals surface area contributed by atoms with E-state index in [0.717, 1.165) is 39.4 Å². The molecule has 1 aromatic heterocycles. The lowest BCUT2D eigenvalue weighted by Crippen LogP contribution is -2.39. The number of ether oxygens (including phenoxy) is 1. The fraction of sp³-hybridized carbons (Fsp3) is 0.636. The van der Waals surface area contributed by atoms with Gasteiger partial charge in [-0.05, 0) is 0 Å². The molecule has 1 atom stereocenters. The Hall–Kier alpha value is -1.22. The minimum Gasteiger partial charge on any atom is -0.480 e. The summed E-state index contributed by atoms with van der Waals surface area (Å²) < 4.78 is 5.27. The monoisotopic (exact) mass is 286 g/mol. The number of carboxylic acids is 1. The van der Waals surface area contributed by atoms with Gasteiger partial charge in [0.1, 0.15) is 6.04 Å². The Morgan fingerprint density at radius 3 is 3.05 bits per heavy atom. The highest BCUT2D eigenvalue weighted by atomic mass is 32.1. The SMILES string of the molecule is NC(C(=O)O)c1csc(NCCN2CCOCC2)n1. The highest BCUT2D eigenvalue weighted by molar-refractivity contribution is 7.13. The molecule has 1 unspecified atom stereocenters. The van der Waals surface area contributed by atoms with Crippen molar-refractivity contribution >= 4 is 22.4 Å². The van der Waals surface area contributed by atoms with Crippen LogP contribution < -0.4 is 11.1 Å². The van der Waals surface area contributed by atoms with E-state index in [1.165, 1.54) is 11.3 Å². The van der Waals surface area contributed by atoms with Gasteiger partial charge >= 0.3 is 5.97 Å². The van der Waals surface area contributed by atoms with Gasteiger partial charge in [-0.2, -0.15) is 0 Å². The molecule has 1 saturated heterocycles. The molecule has 0 radical (unpaired) electrons. The maximum absolute atomic E-state index is 10.7. The molecule has 1 aliphatic heterocycles. The number of nitrogens with two attached hydrogens (primary N) is 1. The second-order valence-corrected chi connectivity index (χ2v) is 5.13. The van der Waals surface area contributed by atoms with E-state index in [4.69, 9.17) is 15.6 Å². The highest BCUT2D eigenvalue weighted by Crippen LogP contribution is 2.19. The second kappa shape index (κ2) is 6.80. The third-order valence-electron chi connectivity index (χ3n) is 2.91. The third kappa shape index (κ3) is 4.13. The average Bonchev–Trinajstić information content (AvgIpc) is 2.88. The van der Waals surface area contributed by atoms with Crippen LogP contribution in [0.2, 0.25) is 0 Å². The van der Waals surface area contributed by atoms with Gasteiger partial charge in [-0.15, -0.1) is 11.3 Å². The number of anilines is 1. The molecular weight excluding hydrogens is 268 g/mol. The molecule has 19 heavy (non-hydrogen) atoms. The number of aromatic nitrogens is 1. The molecule has 106 valence electrons. The number of hydrogen-bond donors (Lipinski definition) is 3. The van der Waals surface area contributed by atoms with E-state index in [-0.39, 0.29) is 0 Å². The number of hydrogen-bond acceptors (Lipinski definition) is 7. The van der Waals surface area contributed by atoms with Gasteiger partial charge < -0.3 is 20.9 Å². The van der Waals surface area contributed by atoms with Gasteiger partial charge in [-0.25, -0.2) is 4.98 Å². The van der Waals surface area contributed by atoms with Crippen LogP contribution in [-0.2, 0) is 9.53 Å². The van der Waals surface area contributed by atoms with Crippen LogP contribution in [0.25, 0.3) is 0 Å². The summed E-state index contributed by atoms with van der Waals surface area (Å²) in [6, 6.07) is -1.05. The zero-order chi connectivity index (χ0) is 13.7. The summed E-state index contributed by atoms with van der Waals surface area (Å²) in [7, 11) is 0. The summed E-state index contributed by atoms with van der Waals surface area (Å²) in [5.41, 5.74) is 5.89. The number of rotatable bonds is 6. The molecule has 0 aromatic carbocycles. The van der Waals surface area contributed by atoms with Crippen molar-refractivity contribution in [1.29, 1.82) is 0 Å². The van der Waals surface area contributed by atoms with Crippen LogP contribution in [0.1, 0.15) is 11.7 Å². The minimum absolute atomic E-state index is 0.395. The summed E-state index contributed by atoms with van der Waals surface area (Å²) in [5.74, 6) is -1.06. The van der Waals surface area contributed by atoms with E-state index in [1.807, 2.05) is 0 Å². The second-order valence-electron chi connectivity index (χ2n) is 4.27. The molecule has 2 heterocycles. The number of carbonyl (C=O) groups is 1. The summed E-state index contributed by atoms with van der Waals surface area (Å²) in [5, 5.41) is 14.4. The summed E-state index contributed by atoms with van der Waals surface area (Å²) >= 11 is 1.37. The lowest BCUT2D eigenvalue weighted by atomic mass is 10.2. The van der Waals surface area contributed by atoms with Crippen LogP contribution in [0.15, 0.2) is 5.38 Å². The number of nitrogens with one attached hydrogen (secondary N) is 1. The zero-order valence-electron chi connectivity index (χ0n) is 10.5. The van der Waals surface area contributed by atoms with Crippen molar-refractivity contribution in [2.24, 2.45) is 5.73 Å². The van der Waals surface area contributed by atoms with Crippen molar-refractivity contribution in [3.8, 4) is 0 Å².